The minimum atomic E-state index is 0.361. The van der Waals surface area contributed by atoms with Gasteiger partial charge in [-0.3, -0.25) is 0 Å². The Hall–Kier alpha value is -0.580. The molecular weight excluding hydrogens is 328 g/mol. The summed E-state index contributed by atoms with van der Waals surface area (Å²) in [6.45, 7) is 8.31. The smallest absolute Gasteiger partial charge is 0.0469 e. The molecule has 4 heteroatoms. The number of hydrogen-bond acceptors (Lipinski definition) is 3. The Labute approximate surface area is 137 Å². The highest BCUT2D eigenvalue weighted by Crippen LogP contribution is 2.30. The van der Waals surface area contributed by atoms with Gasteiger partial charge in [-0.1, -0.05) is 22.9 Å². The van der Waals surface area contributed by atoms with Crippen molar-refractivity contribution < 1.29 is 4.74 Å². The second-order valence-electron chi connectivity index (χ2n) is 5.92. The lowest BCUT2D eigenvalue weighted by Crippen LogP contribution is -2.31. The number of rotatable bonds is 6. The van der Waals surface area contributed by atoms with Crippen molar-refractivity contribution in [3.05, 3.63) is 28.2 Å². The Morgan fingerprint density at radius 3 is 2.76 bits per heavy atom. The van der Waals surface area contributed by atoms with Crippen molar-refractivity contribution in [3.8, 4) is 0 Å². The summed E-state index contributed by atoms with van der Waals surface area (Å²) < 4.78 is 6.61. The SMILES string of the molecule is CCNC(C)c1cc(Br)ccc1N(C)CC1CCOCC1. The molecule has 3 nitrogen and oxygen atoms in total. The molecule has 1 atom stereocenters. The first-order valence-electron chi connectivity index (χ1n) is 7.93. The van der Waals surface area contributed by atoms with Crippen LogP contribution in [-0.4, -0.2) is 33.4 Å². The molecule has 1 aromatic rings. The van der Waals surface area contributed by atoms with E-state index in [1.807, 2.05) is 0 Å². The number of anilines is 1. The van der Waals surface area contributed by atoms with Gasteiger partial charge in [0.15, 0.2) is 0 Å². The summed E-state index contributed by atoms with van der Waals surface area (Å²) in [6.07, 6.45) is 2.36. The van der Waals surface area contributed by atoms with Gasteiger partial charge in [0.05, 0.1) is 0 Å². The zero-order valence-electron chi connectivity index (χ0n) is 13.4. The quantitative estimate of drug-likeness (QED) is 0.835. The summed E-state index contributed by atoms with van der Waals surface area (Å²) in [6, 6.07) is 6.97. The molecule has 0 aromatic heterocycles. The molecule has 1 fully saturated rings. The van der Waals surface area contributed by atoms with Crippen molar-refractivity contribution >= 4 is 21.6 Å². The molecule has 0 bridgehead atoms. The normalized spacial score (nSPS) is 17.7. The molecular formula is C17H27BrN2O. The van der Waals surface area contributed by atoms with E-state index in [9.17, 15) is 0 Å². The summed E-state index contributed by atoms with van der Waals surface area (Å²) in [4.78, 5) is 2.41. The molecule has 0 saturated carbocycles. The number of halogens is 1. The Kier molecular flexibility index (Phi) is 6.52. The predicted molar refractivity (Wildman–Crippen MR) is 93.0 cm³/mol. The molecule has 1 aromatic carbocycles. The largest absolute Gasteiger partial charge is 0.381 e. The van der Waals surface area contributed by atoms with Gasteiger partial charge in [0.2, 0.25) is 0 Å². The fraction of sp³-hybridized carbons (Fsp3) is 0.647. The van der Waals surface area contributed by atoms with E-state index in [-0.39, 0.29) is 0 Å². The molecule has 0 spiro atoms. The Morgan fingerprint density at radius 2 is 2.10 bits per heavy atom. The van der Waals surface area contributed by atoms with E-state index in [0.29, 0.717) is 6.04 Å². The highest BCUT2D eigenvalue weighted by atomic mass is 79.9. The van der Waals surface area contributed by atoms with Crippen LogP contribution in [-0.2, 0) is 4.74 Å². The Morgan fingerprint density at radius 1 is 1.38 bits per heavy atom. The zero-order valence-corrected chi connectivity index (χ0v) is 14.9. The monoisotopic (exact) mass is 354 g/mol. The van der Waals surface area contributed by atoms with E-state index in [2.05, 4.69) is 65.2 Å². The molecule has 1 heterocycles. The number of benzene rings is 1. The molecule has 118 valence electrons. The lowest BCUT2D eigenvalue weighted by Gasteiger charge is -2.31. The van der Waals surface area contributed by atoms with E-state index >= 15 is 0 Å². The predicted octanol–water partition coefficient (Wildman–Crippen LogP) is 3.98. The van der Waals surface area contributed by atoms with Crippen LogP contribution in [0.3, 0.4) is 0 Å². The van der Waals surface area contributed by atoms with Crippen LogP contribution in [0, 0.1) is 5.92 Å². The van der Waals surface area contributed by atoms with Gasteiger partial charge in [-0.25, -0.2) is 0 Å². The maximum absolute atomic E-state index is 5.46. The van der Waals surface area contributed by atoms with Crippen LogP contribution >= 0.6 is 15.9 Å². The Balaban J connectivity index is 2.12. The van der Waals surface area contributed by atoms with Crippen LogP contribution in [0.4, 0.5) is 5.69 Å². The molecule has 0 amide bonds. The third kappa shape index (κ3) is 4.70. The van der Waals surface area contributed by atoms with E-state index in [0.717, 1.165) is 36.7 Å². The first-order valence-corrected chi connectivity index (χ1v) is 8.72. The maximum Gasteiger partial charge on any atom is 0.0469 e. The number of ether oxygens (including phenoxy) is 1. The second-order valence-corrected chi connectivity index (χ2v) is 6.83. The van der Waals surface area contributed by atoms with Gasteiger partial charge in [0.1, 0.15) is 0 Å². The van der Waals surface area contributed by atoms with Crippen molar-refractivity contribution in [2.45, 2.75) is 32.7 Å². The molecule has 0 radical (unpaired) electrons. The summed E-state index contributed by atoms with van der Waals surface area (Å²) in [5.41, 5.74) is 2.69. The molecule has 1 aliphatic rings. The van der Waals surface area contributed by atoms with Crippen molar-refractivity contribution in [1.82, 2.24) is 5.32 Å². The van der Waals surface area contributed by atoms with Gasteiger partial charge in [-0.05, 0) is 56.0 Å². The van der Waals surface area contributed by atoms with Gasteiger partial charge < -0.3 is 15.0 Å². The molecule has 1 saturated heterocycles. The lowest BCUT2D eigenvalue weighted by atomic mass is 9.98. The topological polar surface area (TPSA) is 24.5 Å². The van der Waals surface area contributed by atoms with Crippen LogP contribution in [0.15, 0.2) is 22.7 Å². The van der Waals surface area contributed by atoms with Gasteiger partial charge in [-0.2, -0.15) is 0 Å². The van der Waals surface area contributed by atoms with E-state index in [1.54, 1.807) is 0 Å². The highest BCUT2D eigenvalue weighted by molar-refractivity contribution is 9.10. The van der Waals surface area contributed by atoms with Crippen molar-refractivity contribution in [3.63, 3.8) is 0 Å². The third-order valence-electron chi connectivity index (χ3n) is 4.25. The third-order valence-corrected chi connectivity index (χ3v) is 4.74. The first kappa shape index (κ1) is 16.8. The standard InChI is InChI=1S/C17H27BrN2O/c1-4-19-13(2)16-11-15(18)5-6-17(16)20(3)12-14-7-9-21-10-8-14/h5-6,11,13-14,19H,4,7-10,12H2,1-3H3. The molecule has 2 rings (SSSR count). The average Bonchev–Trinajstić information content (AvgIpc) is 2.48. The van der Waals surface area contributed by atoms with Gasteiger partial charge in [0.25, 0.3) is 0 Å². The molecule has 1 N–H and O–H groups in total. The molecule has 0 aliphatic carbocycles. The minimum absolute atomic E-state index is 0.361. The number of hydrogen-bond donors (Lipinski definition) is 1. The molecule has 21 heavy (non-hydrogen) atoms. The van der Waals surface area contributed by atoms with Gasteiger partial charge >= 0.3 is 0 Å². The van der Waals surface area contributed by atoms with Crippen LogP contribution in [0.2, 0.25) is 0 Å². The Bertz CT molecular complexity index is 446. The van der Waals surface area contributed by atoms with E-state index < -0.39 is 0 Å². The van der Waals surface area contributed by atoms with Crippen LogP contribution in [0.25, 0.3) is 0 Å². The summed E-state index contributed by atoms with van der Waals surface area (Å²) >= 11 is 3.60. The fourth-order valence-electron chi connectivity index (χ4n) is 3.05. The average molecular weight is 355 g/mol. The lowest BCUT2D eigenvalue weighted by molar-refractivity contribution is 0.0685. The summed E-state index contributed by atoms with van der Waals surface area (Å²) in [5, 5.41) is 3.52. The van der Waals surface area contributed by atoms with Crippen LogP contribution in [0.1, 0.15) is 38.3 Å². The second kappa shape index (κ2) is 8.16. The fourth-order valence-corrected chi connectivity index (χ4v) is 3.43. The summed E-state index contributed by atoms with van der Waals surface area (Å²) in [7, 11) is 2.21. The van der Waals surface area contributed by atoms with Crippen molar-refractivity contribution in [1.29, 1.82) is 0 Å². The molecule has 1 aliphatic heterocycles. The van der Waals surface area contributed by atoms with Crippen LogP contribution < -0.4 is 10.2 Å². The van der Waals surface area contributed by atoms with Gasteiger partial charge in [-0.15, -0.1) is 0 Å². The maximum atomic E-state index is 5.46. The highest BCUT2D eigenvalue weighted by Gasteiger charge is 2.19. The zero-order chi connectivity index (χ0) is 15.2. The molecule has 1 unspecified atom stereocenters. The van der Waals surface area contributed by atoms with E-state index in [4.69, 9.17) is 4.74 Å². The minimum Gasteiger partial charge on any atom is -0.381 e. The summed E-state index contributed by atoms with van der Waals surface area (Å²) in [5.74, 6) is 0.745. The van der Waals surface area contributed by atoms with Crippen molar-refractivity contribution in [2.24, 2.45) is 5.92 Å². The van der Waals surface area contributed by atoms with Gasteiger partial charge in [0, 0.05) is 43.0 Å². The first-order chi connectivity index (χ1) is 10.1. The van der Waals surface area contributed by atoms with Crippen LogP contribution in [0.5, 0.6) is 0 Å². The number of nitrogens with one attached hydrogen (secondary N) is 1. The number of nitrogens with zero attached hydrogens (tertiary/aromatic N) is 1. The van der Waals surface area contributed by atoms with E-state index in [1.165, 1.54) is 24.1 Å². The van der Waals surface area contributed by atoms with Crippen molar-refractivity contribution in [2.75, 3.05) is 38.3 Å².